The summed E-state index contributed by atoms with van der Waals surface area (Å²) in [5.41, 5.74) is 2.42. The van der Waals surface area contributed by atoms with E-state index in [1.807, 2.05) is 36.1 Å². The summed E-state index contributed by atoms with van der Waals surface area (Å²) in [6.07, 6.45) is 8.33. The first-order chi connectivity index (χ1) is 8.25. The summed E-state index contributed by atoms with van der Waals surface area (Å²) in [7, 11) is 2.00. The summed E-state index contributed by atoms with van der Waals surface area (Å²) < 4.78 is 1.99. The van der Waals surface area contributed by atoms with Crippen molar-refractivity contribution in [1.82, 2.24) is 9.55 Å². The molecule has 2 nitrogen and oxygen atoms in total. The van der Waals surface area contributed by atoms with Crippen LogP contribution in [0.3, 0.4) is 0 Å². The summed E-state index contributed by atoms with van der Waals surface area (Å²) in [6, 6.07) is 8.07. The number of halogens is 1. The zero-order chi connectivity index (χ0) is 12.1. The minimum atomic E-state index is 0.880. The Morgan fingerprint density at radius 1 is 1.18 bits per heavy atom. The lowest BCUT2D eigenvalue weighted by atomic mass is 10.1. The molecule has 90 valence electrons. The summed E-state index contributed by atoms with van der Waals surface area (Å²) >= 11 is 6.11. The van der Waals surface area contributed by atoms with E-state index in [1.165, 1.54) is 11.3 Å². The minimum Gasteiger partial charge on any atom is -0.340 e. The molecule has 0 saturated heterocycles. The smallest absolute Gasteiger partial charge is 0.0946 e. The molecule has 0 aliphatic carbocycles. The van der Waals surface area contributed by atoms with Gasteiger partial charge in [-0.25, -0.2) is 4.98 Å². The number of unbranched alkanes of at least 4 members (excludes halogenated alkanes) is 1. The van der Waals surface area contributed by atoms with Gasteiger partial charge in [0.05, 0.1) is 12.0 Å². The van der Waals surface area contributed by atoms with Gasteiger partial charge in [-0.3, -0.25) is 0 Å². The van der Waals surface area contributed by atoms with E-state index in [9.17, 15) is 0 Å². The third-order valence-corrected chi connectivity index (χ3v) is 3.21. The molecule has 0 aliphatic rings. The molecule has 0 bridgehead atoms. The fourth-order valence-electron chi connectivity index (χ4n) is 1.92. The molecule has 1 aromatic heterocycles. The van der Waals surface area contributed by atoms with E-state index < -0.39 is 0 Å². The number of hydrogen-bond donors (Lipinski definition) is 0. The van der Waals surface area contributed by atoms with Gasteiger partial charge in [0, 0.05) is 18.3 Å². The van der Waals surface area contributed by atoms with Gasteiger partial charge in [0.1, 0.15) is 0 Å². The van der Waals surface area contributed by atoms with Gasteiger partial charge >= 0.3 is 0 Å². The van der Waals surface area contributed by atoms with Crippen LogP contribution < -0.4 is 0 Å². The Morgan fingerprint density at radius 3 is 2.65 bits per heavy atom. The van der Waals surface area contributed by atoms with Crippen LogP contribution in [0.4, 0.5) is 0 Å². The second kappa shape index (κ2) is 5.87. The van der Waals surface area contributed by atoms with Gasteiger partial charge in [0.15, 0.2) is 0 Å². The second-order valence-corrected chi connectivity index (χ2v) is 4.74. The fourth-order valence-corrected chi connectivity index (χ4v) is 2.15. The molecule has 1 aromatic carbocycles. The number of aryl methyl sites for hydroxylation is 3. The predicted octanol–water partition coefficient (Wildman–Crippen LogP) is 3.64. The van der Waals surface area contributed by atoms with Crippen molar-refractivity contribution in [2.45, 2.75) is 25.7 Å². The predicted molar refractivity (Wildman–Crippen MR) is 71.3 cm³/mol. The maximum absolute atomic E-state index is 6.11. The standard InChI is InChI=1S/C14H17ClN2/c1-17-10-13(16-11-17)8-4-2-6-12-7-3-5-9-14(12)15/h3,5,7,9-11H,2,4,6,8H2,1H3. The molecule has 0 aliphatic heterocycles. The second-order valence-electron chi connectivity index (χ2n) is 4.33. The molecule has 0 N–H and O–H groups in total. The zero-order valence-electron chi connectivity index (χ0n) is 10.1. The Hall–Kier alpha value is -1.28. The van der Waals surface area contributed by atoms with E-state index in [1.54, 1.807) is 0 Å². The van der Waals surface area contributed by atoms with Crippen molar-refractivity contribution in [2.24, 2.45) is 7.05 Å². The van der Waals surface area contributed by atoms with Crippen molar-refractivity contribution in [3.8, 4) is 0 Å². The molecular formula is C14H17ClN2. The number of nitrogens with zero attached hydrogens (tertiary/aromatic N) is 2. The molecule has 0 atom stereocenters. The highest BCUT2D eigenvalue weighted by atomic mass is 35.5. The van der Waals surface area contributed by atoms with Crippen LogP contribution in [0.5, 0.6) is 0 Å². The number of aromatic nitrogens is 2. The van der Waals surface area contributed by atoms with Crippen molar-refractivity contribution >= 4 is 11.6 Å². The van der Waals surface area contributed by atoms with Crippen LogP contribution in [0, 0.1) is 0 Å². The lowest BCUT2D eigenvalue weighted by Crippen LogP contribution is -1.90. The number of hydrogen-bond acceptors (Lipinski definition) is 1. The van der Waals surface area contributed by atoms with Crippen LogP contribution in [0.25, 0.3) is 0 Å². The van der Waals surface area contributed by atoms with Gasteiger partial charge in [-0.05, 0) is 37.3 Å². The van der Waals surface area contributed by atoms with Gasteiger partial charge in [-0.1, -0.05) is 29.8 Å². The van der Waals surface area contributed by atoms with Crippen LogP contribution in [0.1, 0.15) is 24.1 Å². The van der Waals surface area contributed by atoms with E-state index in [2.05, 4.69) is 17.2 Å². The van der Waals surface area contributed by atoms with Gasteiger partial charge in [-0.2, -0.15) is 0 Å². The molecule has 17 heavy (non-hydrogen) atoms. The average Bonchev–Trinajstić information content (AvgIpc) is 2.73. The van der Waals surface area contributed by atoms with E-state index in [0.717, 1.165) is 30.7 Å². The summed E-state index contributed by atoms with van der Waals surface area (Å²) in [4.78, 5) is 4.31. The van der Waals surface area contributed by atoms with Crippen LogP contribution in [0.2, 0.25) is 5.02 Å². The number of rotatable bonds is 5. The van der Waals surface area contributed by atoms with Crippen molar-refractivity contribution in [3.05, 3.63) is 53.1 Å². The highest BCUT2D eigenvalue weighted by Crippen LogP contribution is 2.17. The Morgan fingerprint density at radius 2 is 1.94 bits per heavy atom. The lowest BCUT2D eigenvalue weighted by Gasteiger charge is -2.03. The minimum absolute atomic E-state index is 0.880. The van der Waals surface area contributed by atoms with Gasteiger partial charge in [-0.15, -0.1) is 0 Å². The Balaban J connectivity index is 1.75. The molecule has 2 aromatic rings. The average molecular weight is 249 g/mol. The molecule has 1 heterocycles. The number of imidazole rings is 1. The Bertz CT molecular complexity index is 477. The molecule has 2 rings (SSSR count). The fraction of sp³-hybridized carbons (Fsp3) is 0.357. The zero-order valence-corrected chi connectivity index (χ0v) is 10.8. The molecule has 0 amide bonds. The van der Waals surface area contributed by atoms with Crippen molar-refractivity contribution in [1.29, 1.82) is 0 Å². The topological polar surface area (TPSA) is 17.8 Å². The van der Waals surface area contributed by atoms with Gasteiger partial charge in [0.25, 0.3) is 0 Å². The van der Waals surface area contributed by atoms with E-state index in [0.29, 0.717) is 0 Å². The SMILES string of the molecule is Cn1cnc(CCCCc2ccccc2Cl)c1. The third kappa shape index (κ3) is 3.60. The molecule has 0 unspecified atom stereocenters. The Labute approximate surface area is 107 Å². The van der Waals surface area contributed by atoms with Crippen LogP contribution >= 0.6 is 11.6 Å². The maximum Gasteiger partial charge on any atom is 0.0946 e. The molecule has 0 fully saturated rings. The van der Waals surface area contributed by atoms with E-state index in [4.69, 9.17) is 11.6 Å². The van der Waals surface area contributed by atoms with Gasteiger partial charge < -0.3 is 4.57 Å². The van der Waals surface area contributed by atoms with Crippen LogP contribution in [0.15, 0.2) is 36.8 Å². The highest BCUT2D eigenvalue weighted by molar-refractivity contribution is 6.31. The van der Waals surface area contributed by atoms with Crippen molar-refractivity contribution in [3.63, 3.8) is 0 Å². The maximum atomic E-state index is 6.11. The van der Waals surface area contributed by atoms with Crippen molar-refractivity contribution in [2.75, 3.05) is 0 Å². The third-order valence-electron chi connectivity index (χ3n) is 2.85. The van der Waals surface area contributed by atoms with Crippen molar-refractivity contribution < 1.29 is 0 Å². The normalized spacial score (nSPS) is 10.7. The van der Waals surface area contributed by atoms with E-state index in [-0.39, 0.29) is 0 Å². The Kier molecular flexibility index (Phi) is 4.21. The first kappa shape index (κ1) is 12.2. The molecule has 0 saturated carbocycles. The molecule has 0 radical (unpaired) electrons. The highest BCUT2D eigenvalue weighted by Gasteiger charge is 2.00. The number of benzene rings is 1. The van der Waals surface area contributed by atoms with Crippen LogP contribution in [-0.2, 0) is 19.9 Å². The molecular weight excluding hydrogens is 232 g/mol. The first-order valence-corrected chi connectivity index (χ1v) is 6.34. The molecule has 3 heteroatoms. The largest absolute Gasteiger partial charge is 0.340 e. The summed E-state index contributed by atoms with van der Waals surface area (Å²) in [6.45, 7) is 0. The monoisotopic (exact) mass is 248 g/mol. The first-order valence-electron chi connectivity index (χ1n) is 5.96. The van der Waals surface area contributed by atoms with Gasteiger partial charge in [0.2, 0.25) is 0 Å². The van der Waals surface area contributed by atoms with Crippen LogP contribution in [-0.4, -0.2) is 9.55 Å². The molecule has 0 spiro atoms. The van der Waals surface area contributed by atoms with E-state index >= 15 is 0 Å². The lowest BCUT2D eigenvalue weighted by molar-refractivity contribution is 0.724. The summed E-state index contributed by atoms with van der Waals surface area (Å²) in [5.74, 6) is 0. The summed E-state index contributed by atoms with van der Waals surface area (Å²) in [5, 5.41) is 0.880. The quantitative estimate of drug-likeness (QED) is 0.739.